The number of rotatable bonds is 4. The van der Waals surface area contributed by atoms with Gasteiger partial charge in [-0.05, 0) is 50.6 Å². The summed E-state index contributed by atoms with van der Waals surface area (Å²) < 4.78 is 26.5. The maximum atomic E-state index is 12.5. The SMILES string of the molecule is Cc1ccc(S(=O)(=O)N(C)CC2CCN(C)C2)cc1Cl. The van der Waals surface area contributed by atoms with E-state index in [1.165, 1.54) is 10.4 Å². The molecule has 1 atom stereocenters. The Labute approximate surface area is 126 Å². The van der Waals surface area contributed by atoms with Gasteiger partial charge >= 0.3 is 0 Å². The highest BCUT2D eigenvalue weighted by Gasteiger charge is 2.27. The predicted molar refractivity (Wildman–Crippen MR) is 81.6 cm³/mol. The molecule has 1 aliphatic rings. The van der Waals surface area contributed by atoms with Crippen LogP contribution in [0.4, 0.5) is 0 Å². The molecule has 0 amide bonds. The average molecular weight is 317 g/mol. The third-order valence-corrected chi connectivity index (χ3v) is 6.08. The number of hydrogen-bond donors (Lipinski definition) is 0. The minimum atomic E-state index is -3.45. The number of hydrogen-bond acceptors (Lipinski definition) is 3. The minimum absolute atomic E-state index is 0.266. The third-order valence-electron chi connectivity index (χ3n) is 3.86. The molecule has 1 aliphatic heterocycles. The lowest BCUT2D eigenvalue weighted by Gasteiger charge is -2.21. The number of sulfonamides is 1. The van der Waals surface area contributed by atoms with Gasteiger partial charge in [0, 0.05) is 25.2 Å². The van der Waals surface area contributed by atoms with Crippen LogP contribution in [0.5, 0.6) is 0 Å². The van der Waals surface area contributed by atoms with Crippen molar-refractivity contribution in [3.8, 4) is 0 Å². The van der Waals surface area contributed by atoms with Crippen molar-refractivity contribution >= 4 is 21.6 Å². The molecule has 20 heavy (non-hydrogen) atoms. The predicted octanol–water partition coefficient (Wildman–Crippen LogP) is 2.22. The van der Waals surface area contributed by atoms with E-state index >= 15 is 0 Å². The fourth-order valence-electron chi connectivity index (χ4n) is 2.55. The maximum Gasteiger partial charge on any atom is 0.242 e. The van der Waals surface area contributed by atoms with E-state index in [4.69, 9.17) is 11.6 Å². The van der Waals surface area contributed by atoms with Crippen LogP contribution >= 0.6 is 11.6 Å². The average Bonchev–Trinajstić information content (AvgIpc) is 2.78. The second-order valence-electron chi connectivity index (χ2n) is 5.61. The van der Waals surface area contributed by atoms with Crippen molar-refractivity contribution in [1.82, 2.24) is 9.21 Å². The molecule has 0 aliphatic carbocycles. The monoisotopic (exact) mass is 316 g/mol. The van der Waals surface area contributed by atoms with Crippen LogP contribution in [0, 0.1) is 12.8 Å². The van der Waals surface area contributed by atoms with Crippen LogP contribution in [0.25, 0.3) is 0 Å². The van der Waals surface area contributed by atoms with Crippen LogP contribution < -0.4 is 0 Å². The first-order valence-corrected chi connectivity index (χ1v) is 8.53. The Morgan fingerprint density at radius 3 is 2.70 bits per heavy atom. The molecular weight excluding hydrogens is 296 g/mol. The molecule has 2 rings (SSSR count). The third kappa shape index (κ3) is 3.34. The lowest BCUT2D eigenvalue weighted by molar-refractivity contribution is 0.357. The first-order valence-electron chi connectivity index (χ1n) is 6.71. The molecule has 1 unspecified atom stereocenters. The Morgan fingerprint density at radius 2 is 2.15 bits per heavy atom. The zero-order valence-corrected chi connectivity index (χ0v) is 13.7. The van der Waals surface area contributed by atoms with Gasteiger partial charge in [-0.3, -0.25) is 0 Å². The van der Waals surface area contributed by atoms with Crippen LogP contribution in [-0.4, -0.2) is 51.4 Å². The van der Waals surface area contributed by atoms with Crippen LogP contribution in [0.1, 0.15) is 12.0 Å². The van der Waals surface area contributed by atoms with E-state index in [1.807, 2.05) is 6.92 Å². The molecule has 0 bridgehead atoms. The van der Waals surface area contributed by atoms with Gasteiger partial charge in [0.15, 0.2) is 0 Å². The summed E-state index contributed by atoms with van der Waals surface area (Å²) >= 11 is 6.02. The molecule has 1 heterocycles. The van der Waals surface area contributed by atoms with Crippen molar-refractivity contribution in [3.63, 3.8) is 0 Å². The van der Waals surface area contributed by atoms with Gasteiger partial charge in [-0.25, -0.2) is 12.7 Å². The zero-order valence-electron chi connectivity index (χ0n) is 12.1. The van der Waals surface area contributed by atoms with Crippen molar-refractivity contribution in [1.29, 1.82) is 0 Å². The van der Waals surface area contributed by atoms with Gasteiger partial charge < -0.3 is 4.90 Å². The van der Waals surface area contributed by atoms with Gasteiger partial charge in [0.25, 0.3) is 0 Å². The number of halogens is 1. The van der Waals surface area contributed by atoms with E-state index in [0.29, 0.717) is 17.5 Å². The van der Waals surface area contributed by atoms with E-state index < -0.39 is 10.0 Å². The zero-order chi connectivity index (χ0) is 14.9. The summed E-state index contributed by atoms with van der Waals surface area (Å²) in [4.78, 5) is 2.50. The Balaban J connectivity index is 2.14. The fraction of sp³-hybridized carbons (Fsp3) is 0.571. The van der Waals surface area contributed by atoms with E-state index in [1.54, 1.807) is 19.2 Å². The van der Waals surface area contributed by atoms with Gasteiger partial charge in [-0.15, -0.1) is 0 Å². The Morgan fingerprint density at radius 1 is 1.45 bits per heavy atom. The van der Waals surface area contributed by atoms with Crippen molar-refractivity contribution in [3.05, 3.63) is 28.8 Å². The molecule has 0 aromatic heterocycles. The second-order valence-corrected chi connectivity index (χ2v) is 8.07. The van der Waals surface area contributed by atoms with Crippen LogP contribution in [-0.2, 0) is 10.0 Å². The summed E-state index contributed by atoms with van der Waals surface area (Å²) in [5.41, 5.74) is 0.880. The Hall–Kier alpha value is -0.620. The largest absolute Gasteiger partial charge is 0.306 e. The molecule has 0 N–H and O–H groups in total. The van der Waals surface area contributed by atoms with Crippen molar-refractivity contribution < 1.29 is 8.42 Å². The van der Waals surface area contributed by atoms with Crippen molar-refractivity contribution in [2.24, 2.45) is 5.92 Å². The van der Waals surface area contributed by atoms with Gasteiger partial charge in [0.2, 0.25) is 10.0 Å². The number of nitrogens with zero attached hydrogens (tertiary/aromatic N) is 2. The van der Waals surface area contributed by atoms with Gasteiger partial charge in [0.1, 0.15) is 0 Å². The summed E-state index contributed by atoms with van der Waals surface area (Å²) in [5, 5.41) is 0.486. The highest BCUT2D eigenvalue weighted by molar-refractivity contribution is 7.89. The summed E-state index contributed by atoms with van der Waals surface area (Å²) in [7, 11) is 0.251. The van der Waals surface area contributed by atoms with Crippen LogP contribution in [0.2, 0.25) is 5.02 Å². The molecule has 0 saturated carbocycles. The summed E-state index contributed by atoms with van der Waals surface area (Å²) in [6, 6.07) is 4.89. The fourth-order valence-corrected chi connectivity index (χ4v) is 4.07. The smallest absolute Gasteiger partial charge is 0.242 e. The van der Waals surface area contributed by atoms with Gasteiger partial charge in [-0.1, -0.05) is 17.7 Å². The van der Waals surface area contributed by atoms with Gasteiger partial charge in [0.05, 0.1) is 4.90 Å². The molecular formula is C14H21ClN2O2S. The lowest BCUT2D eigenvalue weighted by Crippen LogP contribution is -2.32. The molecule has 1 aromatic carbocycles. The molecule has 1 saturated heterocycles. The van der Waals surface area contributed by atoms with Crippen LogP contribution in [0.3, 0.4) is 0 Å². The standard InChI is InChI=1S/C14H21ClN2O2S/c1-11-4-5-13(8-14(11)15)20(18,19)17(3)10-12-6-7-16(2)9-12/h4-5,8,12H,6-7,9-10H2,1-3H3. The second kappa shape index (κ2) is 6.02. The quantitative estimate of drug-likeness (QED) is 0.855. The summed E-state index contributed by atoms with van der Waals surface area (Å²) in [6.07, 6.45) is 1.05. The number of aryl methyl sites for hydroxylation is 1. The summed E-state index contributed by atoms with van der Waals surface area (Å²) in [6.45, 7) is 4.40. The molecule has 4 nitrogen and oxygen atoms in total. The normalized spacial score (nSPS) is 20.8. The highest BCUT2D eigenvalue weighted by atomic mass is 35.5. The molecule has 0 spiro atoms. The molecule has 6 heteroatoms. The highest BCUT2D eigenvalue weighted by Crippen LogP contribution is 2.24. The van der Waals surface area contributed by atoms with Gasteiger partial charge in [-0.2, -0.15) is 0 Å². The number of benzene rings is 1. The van der Waals surface area contributed by atoms with Crippen molar-refractivity contribution in [2.75, 3.05) is 33.7 Å². The molecule has 112 valence electrons. The number of likely N-dealkylation sites (tertiary alicyclic amines) is 1. The first kappa shape index (κ1) is 15.8. The van der Waals surface area contributed by atoms with E-state index in [0.717, 1.165) is 25.1 Å². The Bertz CT molecular complexity index is 589. The molecule has 1 fully saturated rings. The topological polar surface area (TPSA) is 40.6 Å². The van der Waals surface area contributed by atoms with Crippen LogP contribution in [0.15, 0.2) is 23.1 Å². The van der Waals surface area contributed by atoms with E-state index in [-0.39, 0.29) is 4.90 Å². The van der Waals surface area contributed by atoms with Crippen molar-refractivity contribution in [2.45, 2.75) is 18.2 Å². The van der Waals surface area contributed by atoms with E-state index in [2.05, 4.69) is 11.9 Å². The maximum absolute atomic E-state index is 12.5. The Kier molecular flexibility index (Phi) is 4.74. The first-order chi connectivity index (χ1) is 9.30. The molecule has 1 aromatic rings. The summed E-state index contributed by atoms with van der Waals surface area (Å²) in [5.74, 6) is 0.403. The lowest BCUT2D eigenvalue weighted by atomic mass is 10.1. The van der Waals surface area contributed by atoms with E-state index in [9.17, 15) is 8.42 Å². The molecule has 0 radical (unpaired) electrons. The minimum Gasteiger partial charge on any atom is -0.306 e.